The van der Waals surface area contributed by atoms with Crippen LogP contribution >= 0.6 is 0 Å². The molecule has 0 aromatic heterocycles. The van der Waals surface area contributed by atoms with E-state index in [1.807, 2.05) is 6.07 Å². The Hall–Kier alpha value is -1.57. The zero-order chi connectivity index (χ0) is 12.3. The normalized spacial score (nSPS) is 10.6. The first-order valence-electron chi connectivity index (χ1n) is 6.08. The molecule has 1 aromatic carbocycles. The summed E-state index contributed by atoms with van der Waals surface area (Å²) in [7, 11) is 1.43. The Morgan fingerprint density at radius 1 is 1.18 bits per heavy atom. The summed E-state index contributed by atoms with van der Waals surface area (Å²) in [5.41, 5.74) is 1.37. The molecule has 0 fully saturated rings. The minimum Gasteiger partial charge on any atom is -0.469 e. The van der Waals surface area contributed by atoms with Crippen molar-refractivity contribution in [2.75, 3.05) is 7.11 Å². The lowest BCUT2D eigenvalue weighted by Crippen LogP contribution is -1.98. The molecule has 2 nitrogen and oxygen atoms in total. The van der Waals surface area contributed by atoms with Gasteiger partial charge in [-0.05, 0) is 31.2 Å². The van der Waals surface area contributed by atoms with Gasteiger partial charge in [-0.3, -0.25) is 4.79 Å². The van der Waals surface area contributed by atoms with Gasteiger partial charge in [0.1, 0.15) is 0 Å². The smallest absolute Gasteiger partial charge is 0.305 e. The van der Waals surface area contributed by atoms with Crippen molar-refractivity contribution in [3.05, 3.63) is 48.0 Å². The number of hydrogen-bond donors (Lipinski definition) is 0. The lowest BCUT2D eigenvalue weighted by Gasteiger charge is -1.97. The molecule has 2 heteroatoms. The van der Waals surface area contributed by atoms with Crippen LogP contribution in [0.5, 0.6) is 0 Å². The van der Waals surface area contributed by atoms with Gasteiger partial charge in [-0.25, -0.2) is 0 Å². The third-order valence-corrected chi connectivity index (χ3v) is 2.59. The van der Waals surface area contributed by atoms with E-state index in [2.05, 4.69) is 41.2 Å². The number of methoxy groups -OCH3 is 1. The largest absolute Gasteiger partial charge is 0.469 e. The molecule has 0 atom stereocenters. The highest BCUT2D eigenvalue weighted by Gasteiger charge is 1.96. The number of rotatable bonds is 7. The van der Waals surface area contributed by atoms with Gasteiger partial charge in [0.2, 0.25) is 0 Å². The van der Waals surface area contributed by atoms with Crippen LogP contribution in [0.25, 0.3) is 0 Å². The molecule has 1 aromatic rings. The van der Waals surface area contributed by atoms with E-state index in [0.717, 1.165) is 25.7 Å². The molecule has 0 saturated carbocycles. The van der Waals surface area contributed by atoms with Crippen LogP contribution in [0.3, 0.4) is 0 Å². The van der Waals surface area contributed by atoms with Gasteiger partial charge in [-0.1, -0.05) is 42.5 Å². The molecule has 0 bridgehead atoms. The number of carbonyl (C=O) groups excluding carboxylic acids is 1. The second-order valence-electron chi connectivity index (χ2n) is 3.96. The molecule has 0 saturated heterocycles. The summed E-state index contributed by atoms with van der Waals surface area (Å²) in [6.45, 7) is 0. The van der Waals surface area contributed by atoms with E-state index in [1.54, 1.807) is 0 Å². The molecule has 0 heterocycles. The van der Waals surface area contributed by atoms with Crippen LogP contribution in [0.1, 0.15) is 31.2 Å². The number of unbranched alkanes of at least 4 members (excludes halogenated alkanes) is 1. The van der Waals surface area contributed by atoms with Crippen molar-refractivity contribution in [2.45, 2.75) is 32.1 Å². The van der Waals surface area contributed by atoms with Crippen molar-refractivity contribution in [1.29, 1.82) is 0 Å². The monoisotopic (exact) mass is 232 g/mol. The molecule has 0 N–H and O–H groups in total. The highest BCUT2D eigenvalue weighted by Crippen LogP contribution is 2.04. The lowest BCUT2D eigenvalue weighted by atomic mass is 10.1. The quantitative estimate of drug-likeness (QED) is 0.408. The number of allylic oxidation sites excluding steroid dienone is 2. The van der Waals surface area contributed by atoms with Gasteiger partial charge in [0.15, 0.2) is 0 Å². The van der Waals surface area contributed by atoms with Crippen molar-refractivity contribution in [3.63, 3.8) is 0 Å². The fourth-order valence-corrected chi connectivity index (χ4v) is 1.60. The average molecular weight is 232 g/mol. The summed E-state index contributed by atoms with van der Waals surface area (Å²) >= 11 is 0. The lowest BCUT2D eigenvalue weighted by molar-refractivity contribution is -0.140. The van der Waals surface area contributed by atoms with Crippen LogP contribution in [0, 0.1) is 0 Å². The second-order valence-corrected chi connectivity index (χ2v) is 3.96. The van der Waals surface area contributed by atoms with E-state index < -0.39 is 0 Å². The molecule has 1 rings (SSSR count). The first-order valence-corrected chi connectivity index (χ1v) is 6.08. The summed E-state index contributed by atoms with van der Waals surface area (Å²) in [6, 6.07) is 10.5. The zero-order valence-corrected chi connectivity index (χ0v) is 10.4. The molecule has 0 aliphatic carbocycles. The molecular weight excluding hydrogens is 212 g/mol. The predicted octanol–water partition coefficient (Wildman–Crippen LogP) is 3.52. The number of ether oxygens (including phenoxy) is 1. The molecule has 0 amide bonds. The second kappa shape index (κ2) is 8.57. The van der Waals surface area contributed by atoms with Crippen molar-refractivity contribution >= 4 is 5.97 Å². The standard InChI is InChI=1S/C15H20O2/c1-17-15(16)13-9-4-2-3-6-10-14-11-7-5-8-12-14/h2-3,5,7-8,11-12H,4,6,9-10,13H2,1H3. The Balaban J connectivity index is 2.05. The van der Waals surface area contributed by atoms with Gasteiger partial charge in [-0.15, -0.1) is 0 Å². The van der Waals surface area contributed by atoms with Gasteiger partial charge < -0.3 is 4.74 Å². The Morgan fingerprint density at radius 2 is 1.88 bits per heavy atom. The van der Waals surface area contributed by atoms with Crippen LogP contribution in [0.2, 0.25) is 0 Å². The summed E-state index contributed by atoms with van der Waals surface area (Å²) < 4.78 is 4.57. The number of carbonyl (C=O) groups is 1. The fraction of sp³-hybridized carbons (Fsp3) is 0.400. The molecule has 0 unspecified atom stereocenters. The maximum Gasteiger partial charge on any atom is 0.305 e. The number of esters is 1. The van der Waals surface area contributed by atoms with Gasteiger partial charge in [-0.2, -0.15) is 0 Å². The summed E-state index contributed by atoms with van der Waals surface area (Å²) in [6.07, 6.45) is 8.80. The van der Waals surface area contributed by atoms with E-state index in [0.29, 0.717) is 6.42 Å². The van der Waals surface area contributed by atoms with Crippen LogP contribution in [-0.4, -0.2) is 13.1 Å². The van der Waals surface area contributed by atoms with Gasteiger partial charge in [0.25, 0.3) is 0 Å². The van der Waals surface area contributed by atoms with Crippen molar-refractivity contribution in [3.8, 4) is 0 Å². The van der Waals surface area contributed by atoms with Crippen molar-refractivity contribution < 1.29 is 9.53 Å². The molecule has 17 heavy (non-hydrogen) atoms. The zero-order valence-electron chi connectivity index (χ0n) is 10.4. The Kier molecular flexibility index (Phi) is 6.80. The molecule has 92 valence electrons. The summed E-state index contributed by atoms with van der Waals surface area (Å²) in [4.78, 5) is 10.8. The average Bonchev–Trinajstić information content (AvgIpc) is 2.38. The molecule has 0 spiro atoms. The first-order chi connectivity index (χ1) is 8.33. The van der Waals surface area contributed by atoms with Crippen molar-refractivity contribution in [2.24, 2.45) is 0 Å². The number of benzene rings is 1. The van der Waals surface area contributed by atoms with E-state index in [1.165, 1.54) is 12.7 Å². The Bertz CT molecular complexity index is 341. The minimum absolute atomic E-state index is 0.123. The third-order valence-electron chi connectivity index (χ3n) is 2.59. The highest BCUT2D eigenvalue weighted by atomic mass is 16.5. The van der Waals surface area contributed by atoms with Crippen LogP contribution < -0.4 is 0 Å². The Morgan fingerprint density at radius 3 is 2.59 bits per heavy atom. The van der Waals surface area contributed by atoms with E-state index in [9.17, 15) is 4.79 Å². The number of aryl methyl sites for hydroxylation is 1. The minimum atomic E-state index is -0.123. The summed E-state index contributed by atoms with van der Waals surface area (Å²) in [5.74, 6) is -0.123. The maximum absolute atomic E-state index is 10.8. The van der Waals surface area contributed by atoms with Crippen LogP contribution in [0.15, 0.2) is 42.5 Å². The van der Waals surface area contributed by atoms with Crippen molar-refractivity contribution in [1.82, 2.24) is 0 Å². The van der Waals surface area contributed by atoms with E-state index >= 15 is 0 Å². The molecule has 0 aliphatic heterocycles. The molecule has 0 aliphatic rings. The maximum atomic E-state index is 10.8. The van der Waals surface area contributed by atoms with Gasteiger partial charge >= 0.3 is 5.97 Å². The first kappa shape index (κ1) is 13.5. The molecular formula is C15H20O2. The SMILES string of the molecule is COC(=O)CCCC=CCCc1ccccc1. The van der Waals surface area contributed by atoms with Crippen LogP contribution in [0.4, 0.5) is 0 Å². The topological polar surface area (TPSA) is 26.3 Å². The highest BCUT2D eigenvalue weighted by molar-refractivity contribution is 5.68. The van der Waals surface area contributed by atoms with Gasteiger partial charge in [0.05, 0.1) is 7.11 Å². The number of hydrogen-bond acceptors (Lipinski definition) is 2. The third kappa shape index (κ3) is 6.56. The van der Waals surface area contributed by atoms with Gasteiger partial charge in [0, 0.05) is 6.42 Å². The van der Waals surface area contributed by atoms with E-state index in [4.69, 9.17) is 0 Å². The molecule has 0 radical (unpaired) electrons. The van der Waals surface area contributed by atoms with E-state index in [-0.39, 0.29) is 5.97 Å². The summed E-state index contributed by atoms with van der Waals surface area (Å²) in [5, 5.41) is 0. The van der Waals surface area contributed by atoms with Crippen LogP contribution in [-0.2, 0) is 16.0 Å². The Labute approximate surface area is 103 Å². The fourth-order valence-electron chi connectivity index (χ4n) is 1.60. The predicted molar refractivity (Wildman–Crippen MR) is 69.8 cm³/mol.